The molecule has 0 N–H and O–H groups in total. The average molecular weight is 235 g/mol. The van der Waals surface area contributed by atoms with Gasteiger partial charge < -0.3 is 4.90 Å². The quantitative estimate of drug-likeness (QED) is 0.636. The van der Waals surface area contributed by atoms with E-state index < -0.39 is 0 Å². The van der Waals surface area contributed by atoms with E-state index in [2.05, 4.69) is 25.7 Å². The Morgan fingerprint density at radius 2 is 1.33 bits per heavy atom. The van der Waals surface area contributed by atoms with Crippen molar-refractivity contribution in [3.8, 4) is 0 Å². The predicted octanol–water partition coefficient (Wildman–Crippen LogP) is 3.15. The minimum absolute atomic E-state index is 0.0484. The molecule has 3 heteroatoms. The summed E-state index contributed by atoms with van der Waals surface area (Å²) in [5, 5.41) is 0. The third-order valence-corrected chi connectivity index (χ3v) is 3.27. The molecule has 1 aromatic rings. The second-order valence-corrected chi connectivity index (χ2v) is 5.44. The van der Waals surface area contributed by atoms with Crippen molar-refractivity contribution < 1.29 is 0 Å². The topological polar surface area (TPSA) is 3.24 Å². The number of hydrogen-bond donors (Lipinski definition) is 0. The maximum atomic E-state index is 5.46. The van der Waals surface area contributed by atoms with E-state index in [0.29, 0.717) is 0 Å². The van der Waals surface area contributed by atoms with Crippen LogP contribution in [0.2, 0.25) is 0 Å². The molecule has 1 aliphatic rings. The molecule has 0 fully saturated rings. The zero-order valence-electron chi connectivity index (χ0n) is 9.07. The lowest BCUT2D eigenvalue weighted by Crippen LogP contribution is -2.44. The maximum absolute atomic E-state index is 5.46. The lowest BCUT2D eigenvalue weighted by Gasteiger charge is -2.33. The molecule has 2 rings (SSSR count). The van der Waals surface area contributed by atoms with Crippen LogP contribution in [0.1, 0.15) is 31.9 Å². The van der Waals surface area contributed by atoms with Crippen LogP contribution < -0.4 is 0 Å². The Kier molecular flexibility index (Phi) is 2.40. The van der Waals surface area contributed by atoms with Crippen LogP contribution in [0.3, 0.4) is 0 Å². The molecule has 15 heavy (non-hydrogen) atoms. The van der Waals surface area contributed by atoms with Gasteiger partial charge in [0.2, 0.25) is 0 Å². The summed E-state index contributed by atoms with van der Waals surface area (Å²) in [6, 6.07) is 8.07. The van der Waals surface area contributed by atoms with Crippen molar-refractivity contribution in [3.05, 3.63) is 35.4 Å². The summed E-state index contributed by atoms with van der Waals surface area (Å²) in [5.74, 6) is 0. The Balaban J connectivity index is 2.55. The summed E-state index contributed by atoms with van der Waals surface area (Å²) in [6.07, 6.45) is 0. The van der Waals surface area contributed by atoms with Gasteiger partial charge in [-0.25, -0.2) is 0 Å². The van der Waals surface area contributed by atoms with Crippen molar-refractivity contribution in [1.29, 1.82) is 0 Å². The smallest absolute Gasteiger partial charge is 0.115 e. The van der Waals surface area contributed by atoms with Crippen molar-refractivity contribution in [2.45, 2.75) is 26.3 Å². The highest BCUT2D eigenvalue weighted by molar-refractivity contribution is 7.82. The van der Waals surface area contributed by atoms with Crippen LogP contribution in [-0.4, -0.2) is 20.4 Å². The summed E-state index contributed by atoms with van der Waals surface area (Å²) in [5.41, 5.74) is 2.13. The molecule has 0 saturated carbocycles. The lowest BCUT2D eigenvalue weighted by atomic mass is 10.1. The number of benzene rings is 1. The van der Waals surface area contributed by atoms with Gasteiger partial charge in [0.05, 0.1) is 0 Å². The fourth-order valence-electron chi connectivity index (χ4n) is 1.80. The minimum Gasteiger partial charge on any atom is -0.317 e. The first-order valence-electron chi connectivity index (χ1n) is 4.91. The molecule has 0 aliphatic carbocycles. The Morgan fingerprint density at radius 3 is 1.67 bits per heavy atom. The summed E-state index contributed by atoms with van der Waals surface area (Å²) < 4.78 is 0. The zero-order chi connectivity index (χ0) is 11.2. The highest BCUT2D eigenvalue weighted by Crippen LogP contribution is 2.30. The van der Waals surface area contributed by atoms with Gasteiger partial charge in [-0.2, -0.15) is 0 Å². The maximum Gasteiger partial charge on any atom is 0.115 e. The molecule has 0 bridgehead atoms. The molecular weight excluding hydrogens is 222 g/mol. The van der Waals surface area contributed by atoms with Crippen molar-refractivity contribution in [2.75, 3.05) is 0 Å². The Labute approximate surface area is 101 Å². The van der Waals surface area contributed by atoms with E-state index in [-0.39, 0.29) is 5.54 Å². The Morgan fingerprint density at radius 1 is 0.933 bits per heavy atom. The highest BCUT2D eigenvalue weighted by Gasteiger charge is 2.35. The summed E-state index contributed by atoms with van der Waals surface area (Å²) in [6.45, 7) is 6.37. The Bertz CT molecular complexity index is 408. The van der Waals surface area contributed by atoms with E-state index in [1.165, 1.54) is 0 Å². The highest BCUT2D eigenvalue weighted by atomic mass is 32.1. The molecule has 1 aromatic carbocycles. The number of hydrogen-bond acceptors (Lipinski definition) is 2. The molecule has 0 aromatic heterocycles. The summed E-state index contributed by atoms with van der Waals surface area (Å²) in [4.78, 5) is 3.76. The molecule has 78 valence electrons. The molecule has 1 heterocycles. The molecule has 1 aliphatic heterocycles. The molecule has 0 spiro atoms. The number of nitrogens with zero attached hydrogens (tertiary/aromatic N) is 1. The summed E-state index contributed by atoms with van der Waals surface area (Å²) >= 11 is 10.9. The molecule has 0 amide bonds. The van der Waals surface area contributed by atoms with E-state index in [4.69, 9.17) is 24.4 Å². The van der Waals surface area contributed by atoms with Gasteiger partial charge in [0.15, 0.2) is 0 Å². The van der Waals surface area contributed by atoms with E-state index in [9.17, 15) is 0 Å². The second-order valence-electron chi connectivity index (χ2n) is 4.66. The van der Waals surface area contributed by atoms with Gasteiger partial charge in [-0.05, 0) is 20.8 Å². The van der Waals surface area contributed by atoms with E-state index in [1.807, 2.05) is 24.3 Å². The van der Waals surface area contributed by atoms with E-state index >= 15 is 0 Å². The average Bonchev–Trinajstić information content (AvgIpc) is 2.39. The molecule has 0 atom stereocenters. The van der Waals surface area contributed by atoms with Gasteiger partial charge in [-0.15, -0.1) is 0 Å². The van der Waals surface area contributed by atoms with Gasteiger partial charge >= 0.3 is 0 Å². The van der Waals surface area contributed by atoms with Crippen molar-refractivity contribution in [2.24, 2.45) is 0 Å². The third kappa shape index (κ3) is 1.60. The Hall–Kier alpha value is -0.800. The first-order chi connectivity index (χ1) is 6.93. The first-order valence-corrected chi connectivity index (χ1v) is 5.72. The normalized spacial score (nSPS) is 15.8. The van der Waals surface area contributed by atoms with Crippen LogP contribution in [0, 0.1) is 0 Å². The molecule has 0 saturated heterocycles. The molecule has 0 unspecified atom stereocenters. The monoisotopic (exact) mass is 235 g/mol. The second kappa shape index (κ2) is 3.35. The van der Waals surface area contributed by atoms with Gasteiger partial charge in [0.1, 0.15) is 9.98 Å². The minimum atomic E-state index is -0.0484. The fourth-order valence-corrected chi connectivity index (χ4v) is 2.94. The van der Waals surface area contributed by atoms with Crippen LogP contribution in [0.15, 0.2) is 24.3 Å². The fraction of sp³-hybridized carbons (Fsp3) is 0.333. The lowest BCUT2D eigenvalue weighted by molar-refractivity contribution is 0.356. The zero-order valence-corrected chi connectivity index (χ0v) is 10.7. The van der Waals surface area contributed by atoms with Crippen molar-refractivity contribution >= 4 is 34.4 Å². The van der Waals surface area contributed by atoms with Crippen LogP contribution >= 0.6 is 24.4 Å². The van der Waals surface area contributed by atoms with Gasteiger partial charge in [-0.3, -0.25) is 0 Å². The summed E-state index contributed by atoms with van der Waals surface area (Å²) in [7, 11) is 0. The third-order valence-electron chi connectivity index (χ3n) is 2.46. The number of thiocarbonyl (C=S) groups is 2. The molecule has 1 nitrogen and oxygen atoms in total. The van der Waals surface area contributed by atoms with E-state index in [1.54, 1.807) is 0 Å². The number of rotatable bonds is 0. The van der Waals surface area contributed by atoms with Crippen LogP contribution in [0.5, 0.6) is 0 Å². The van der Waals surface area contributed by atoms with Crippen molar-refractivity contribution in [1.82, 2.24) is 4.90 Å². The van der Waals surface area contributed by atoms with Crippen LogP contribution in [0.4, 0.5) is 0 Å². The van der Waals surface area contributed by atoms with Crippen LogP contribution in [0.25, 0.3) is 0 Å². The van der Waals surface area contributed by atoms with Gasteiger partial charge in [-0.1, -0.05) is 48.7 Å². The predicted molar refractivity (Wildman–Crippen MR) is 71.4 cm³/mol. The standard InChI is InChI=1S/C12H13NS2/c1-12(2,3)13-10(14)8-6-4-5-7-9(8)11(13)15/h4-7H,1-3H3. The first kappa shape index (κ1) is 10.7. The molecular formula is C12H13NS2. The largest absolute Gasteiger partial charge is 0.317 e. The SMILES string of the molecule is CC(C)(C)N1C(=S)c2ccccc2C1=S. The van der Waals surface area contributed by atoms with Crippen LogP contribution in [-0.2, 0) is 0 Å². The number of fused-ring (bicyclic) bond motifs is 1. The van der Waals surface area contributed by atoms with E-state index in [0.717, 1.165) is 21.1 Å². The molecule has 0 radical (unpaired) electrons. The van der Waals surface area contributed by atoms with Gasteiger partial charge in [0, 0.05) is 16.7 Å². The van der Waals surface area contributed by atoms with Crippen molar-refractivity contribution in [3.63, 3.8) is 0 Å². The van der Waals surface area contributed by atoms with Gasteiger partial charge in [0.25, 0.3) is 0 Å².